The van der Waals surface area contributed by atoms with E-state index in [0.717, 1.165) is 55.0 Å². The van der Waals surface area contributed by atoms with Crippen molar-refractivity contribution < 1.29 is 0 Å². The third-order valence-corrected chi connectivity index (χ3v) is 3.89. The predicted molar refractivity (Wildman–Crippen MR) is 63.7 cm³/mol. The first-order chi connectivity index (χ1) is 8.42. The van der Waals surface area contributed by atoms with Crippen LogP contribution in [-0.4, -0.2) is 46.1 Å². The highest BCUT2D eigenvalue weighted by Gasteiger charge is 2.37. The van der Waals surface area contributed by atoms with Gasteiger partial charge in [-0.15, -0.1) is 0 Å². The quantitative estimate of drug-likeness (QED) is 0.722. The Bertz CT molecular complexity index is 538. The Morgan fingerprint density at radius 2 is 1.94 bits per heavy atom. The maximum atomic E-state index is 4.41. The summed E-state index contributed by atoms with van der Waals surface area (Å²) in [5.41, 5.74) is 1.71. The Balaban J connectivity index is 1.73. The molecule has 2 N–H and O–H groups in total. The first-order valence-corrected chi connectivity index (χ1v) is 6.01. The van der Waals surface area contributed by atoms with E-state index < -0.39 is 0 Å². The number of hydrogen-bond donors (Lipinski definition) is 2. The minimum atomic E-state index is 0.755. The highest BCUT2D eigenvalue weighted by Crippen LogP contribution is 2.31. The molecule has 4 heterocycles. The van der Waals surface area contributed by atoms with Crippen molar-refractivity contribution in [2.75, 3.05) is 31.1 Å². The summed E-state index contributed by atoms with van der Waals surface area (Å²) in [7, 11) is 0. The summed E-state index contributed by atoms with van der Waals surface area (Å²) in [5.74, 6) is 2.53. The summed E-state index contributed by atoms with van der Waals surface area (Å²) >= 11 is 0. The summed E-state index contributed by atoms with van der Waals surface area (Å²) in [6.07, 6.45) is 3.28. The Kier molecular flexibility index (Phi) is 1.87. The van der Waals surface area contributed by atoms with E-state index in [1.807, 2.05) is 0 Å². The number of anilines is 1. The summed E-state index contributed by atoms with van der Waals surface area (Å²) in [4.78, 5) is 18.2. The summed E-state index contributed by atoms with van der Waals surface area (Å²) in [6.45, 7) is 4.45. The molecule has 2 fully saturated rings. The molecule has 0 saturated carbocycles. The van der Waals surface area contributed by atoms with Gasteiger partial charge in [-0.05, 0) is 11.8 Å². The van der Waals surface area contributed by atoms with Gasteiger partial charge >= 0.3 is 0 Å². The van der Waals surface area contributed by atoms with Crippen LogP contribution in [0.2, 0.25) is 0 Å². The molecule has 2 aromatic rings. The van der Waals surface area contributed by atoms with Crippen molar-refractivity contribution in [2.45, 2.75) is 0 Å². The topological polar surface area (TPSA) is 69.7 Å². The molecule has 17 heavy (non-hydrogen) atoms. The van der Waals surface area contributed by atoms with Gasteiger partial charge in [0.1, 0.15) is 11.8 Å². The standard InChI is InChI=1S/C11H14N6/c1-7-3-17(4-8(7)2-12-1)11-9-10(14-5-13-9)15-6-16-11/h5-8,12H,1-4H2,(H,13,14,15,16). The molecular weight excluding hydrogens is 216 g/mol. The number of aromatic nitrogens is 4. The molecule has 2 unspecified atom stereocenters. The number of fused-ring (bicyclic) bond motifs is 2. The third-order valence-electron chi connectivity index (χ3n) is 3.89. The van der Waals surface area contributed by atoms with Crippen molar-refractivity contribution in [1.29, 1.82) is 0 Å². The van der Waals surface area contributed by atoms with Gasteiger partial charge in [-0.25, -0.2) is 15.0 Å². The van der Waals surface area contributed by atoms with E-state index in [-0.39, 0.29) is 0 Å². The first kappa shape index (κ1) is 9.35. The number of aromatic amines is 1. The molecule has 6 heteroatoms. The maximum Gasteiger partial charge on any atom is 0.182 e. The van der Waals surface area contributed by atoms with E-state index in [1.54, 1.807) is 12.7 Å². The monoisotopic (exact) mass is 230 g/mol. The average molecular weight is 230 g/mol. The molecule has 2 aromatic heterocycles. The van der Waals surface area contributed by atoms with Crippen molar-refractivity contribution in [3.63, 3.8) is 0 Å². The lowest BCUT2D eigenvalue weighted by Gasteiger charge is -2.18. The zero-order valence-corrected chi connectivity index (χ0v) is 9.43. The largest absolute Gasteiger partial charge is 0.354 e. The molecule has 0 radical (unpaired) electrons. The lowest BCUT2D eigenvalue weighted by Crippen LogP contribution is -2.26. The van der Waals surface area contributed by atoms with E-state index in [0.29, 0.717) is 0 Å². The van der Waals surface area contributed by atoms with Crippen molar-refractivity contribution in [1.82, 2.24) is 25.3 Å². The van der Waals surface area contributed by atoms with Crippen LogP contribution in [-0.2, 0) is 0 Å². The highest BCUT2D eigenvalue weighted by atomic mass is 15.2. The van der Waals surface area contributed by atoms with Crippen LogP contribution in [0.3, 0.4) is 0 Å². The van der Waals surface area contributed by atoms with Crippen LogP contribution in [0.1, 0.15) is 0 Å². The van der Waals surface area contributed by atoms with Gasteiger partial charge in [0.2, 0.25) is 0 Å². The van der Waals surface area contributed by atoms with Gasteiger partial charge in [0, 0.05) is 26.2 Å². The van der Waals surface area contributed by atoms with E-state index >= 15 is 0 Å². The molecule has 2 aliphatic heterocycles. The molecular formula is C11H14N6. The van der Waals surface area contributed by atoms with Crippen LogP contribution in [0.15, 0.2) is 12.7 Å². The maximum absolute atomic E-state index is 4.41. The second kappa shape index (κ2) is 3.40. The molecule has 2 atom stereocenters. The lowest BCUT2D eigenvalue weighted by molar-refractivity contribution is 0.533. The number of nitrogens with zero attached hydrogens (tertiary/aromatic N) is 4. The van der Waals surface area contributed by atoms with Gasteiger partial charge in [-0.2, -0.15) is 0 Å². The second-order valence-corrected chi connectivity index (χ2v) is 4.88. The van der Waals surface area contributed by atoms with E-state index in [9.17, 15) is 0 Å². The fraction of sp³-hybridized carbons (Fsp3) is 0.545. The Morgan fingerprint density at radius 1 is 1.12 bits per heavy atom. The molecule has 2 saturated heterocycles. The molecule has 0 spiro atoms. The second-order valence-electron chi connectivity index (χ2n) is 4.88. The van der Waals surface area contributed by atoms with Gasteiger partial charge in [0.25, 0.3) is 0 Å². The normalized spacial score (nSPS) is 27.9. The first-order valence-electron chi connectivity index (χ1n) is 6.01. The average Bonchev–Trinajstić information content (AvgIpc) is 3.02. The van der Waals surface area contributed by atoms with Gasteiger partial charge in [0.05, 0.1) is 6.33 Å². The van der Waals surface area contributed by atoms with E-state index in [1.165, 1.54) is 0 Å². The summed E-state index contributed by atoms with van der Waals surface area (Å²) < 4.78 is 0. The van der Waals surface area contributed by atoms with Gasteiger partial charge in [0.15, 0.2) is 11.5 Å². The van der Waals surface area contributed by atoms with Crippen LogP contribution in [0.25, 0.3) is 11.2 Å². The van der Waals surface area contributed by atoms with Crippen LogP contribution in [0.5, 0.6) is 0 Å². The van der Waals surface area contributed by atoms with Crippen LogP contribution >= 0.6 is 0 Å². The van der Waals surface area contributed by atoms with Crippen molar-refractivity contribution in [3.8, 4) is 0 Å². The molecule has 0 aromatic carbocycles. The van der Waals surface area contributed by atoms with E-state index in [2.05, 4.69) is 30.2 Å². The summed E-state index contributed by atoms with van der Waals surface area (Å²) in [5, 5.41) is 3.45. The molecule has 0 amide bonds. The van der Waals surface area contributed by atoms with Crippen LogP contribution in [0, 0.1) is 11.8 Å². The van der Waals surface area contributed by atoms with Crippen LogP contribution in [0.4, 0.5) is 5.82 Å². The van der Waals surface area contributed by atoms with E-state index in [4.69, 9.17) is 0 Å². The molecule has 6 nitrogen and oxygen atoms in total. The Labute approximate surface area is 98.5 Å². The van der Waals surface area contributed by atoms with Crippen molar-refractivity contribution in [3.05, 3.63) is 12.7 Å². The summed E-state index contributed by atoms with van der Waals surface area (Å²) in [6, 6.07) is 0. The number of rotatable bonds is 1. The van der Waals surface area contributed by atoms with Crippen molar-refractivity contribution >= 4 is 17.0 Å². The number of nitrogens with one attached hydrogen (secondary N) is 2. The molecule has 0 aliphatic carbocycles. The number of hydrogen-bond acceptors (Lipinski definition) is 5. The smallest absolute Gasteiger partial charge is 0.182 e. The highest BCUT2D eigenvalue weighted by molar-refractivity contribution is 5.82. The third kappa shape index (κ3) is 1.33. The Morgan fingerprint density at radius 3 is 2.76 bits per heavy atom. The fourth-order valence-electron chi connectivity index (χ4n) is 3.02. The molecule has 0 bridgehead atoms. The predicted octanol–water partition coefficient (Wildman–Crippen LogP) is 0.00850. The minimum Gasteiger partial charge on any atom is -0.354 e. The molecule has 88 valence electrons. The SMILES string of the molecule is c1nc(N2CC3CNCC3C2)c2[nH]cnc2n1. The van der Waals surface area contributed by atoms with Gasteiger partial charge in [-0.1, -0.05) is 0 Å². The number of imidazole rings is 1. The van der Waals surface area contributed by atoms with Gasteiger partial charge < -0.3 is 15.2 Å². The minimum absolute atomic E-state index is 0.755. The lowest BCUT2D eigenvalue weighted by atomic mass is 10.0. The zero-order valence-electron chi connectivity index (χ0n) is 9.43. The van der Waals surface area contributed by atoms with Gasteiger partial charge in [-0.3, -0.25) is 0 Å². The van der Waals surface area contributed by atoms with Crippen molar-refractivity contribution in [2.24, 2.45) is 11.8 Å². The molecule has 4 rings (SSSR count). The zero-order chi connectivity index (χ0) is 11.2. The van der Waals surface area contributed by atoms with Crippen LogP contribution < -0.4 is 10.2 Å². The fourth-order valence-corrected chi connectivity index (χ4v) is 3.02. The number of H-pyrrole nitrogens is 1. The molecule has 2 aliphatic rings. The Hall–Kier alpha value is -1.69.